The third-order valence-electron chi connectivity index (χ3n) is 2.60. The van der Waals surface area contributed by atoms with Crippen LogP contribution in [-0.4, -0.2) is 23.1 Å². The van der Waals surface area contributed by atoms with E-state index < -0.39 is 0 Å². The minimum atomic E-state index is 0.702. The molecule has 0 saturated carbocycles. The lowest BCUT2D eigenvalue weighted by Gasteiger charge is -2.05. The number of nitrogens with one attached hydrogen (secondary N) is 1. The molecule has 0 fully saturated rings. The summed E-state index contributed by atoms with van der Waals surface area (Å²) in [6.07, 6.45) is 4.61. The van der Waals surface area contributed by atoms with E-state index in [4.69, 9.17) is 0 Å². The molecule has 96 valence electrons. The molecule has 0 aromatic carbocycles. The van der Waals surface area contributed by atoms with Gasteiger partial charge in [-0.2, -0.15) is 0 Å². The second kappa shape index (κ2) is 6.61. The molecule has 0 spiro atoms. The van der Waals surface area contributed by atoms with Crippen LogP contribution in [0.5, 0.6) is 0 Å². The first kappa shape index (κ1) is 13.2. The molecule has 3 nitrogen and oxygen atoms in total. The van der Waals surface area contributed by atoms with Crippen LogP contribution in [0.25, 0.3) is 11.3 Å². The molecule has 0 aliphatic carbocycles. The van der Waals surface area contributed by atoms with Crippen molar-refractivity contribution in [2.24, 2.45) is 5.92 Å². The number of thiazole rings is 1. The molecule has 2 rings (SSSR count). The van der Waals surface area contributed by atoms with Crippen LogP contribution in [0.3, 0.4) is 0 Å². The fourth-order valence-corrected chi connectivity index (χ4v) is 2.47. The molecule has 0 bridgehead atoms. The van der Waals surface area contributed by atoms with Gasteiger partial charge in [0.1, 0.15) is 0 Å². The lowest BCUT2D eigenvalue weighted by atomic mass is 10.2. The van der Waals surface area contributed by atoms with Crippen LogP contribution in [0.4, 0.5) is 0 Å². The van der Waals surface area contributed by atoms with Gasteiger partial charge in [0, 0.05) is 36.3 Å². The third kappa shape index (κ3) is 3.89. The van der Waals surface area contributed by atoms with Crippen LogP contribution < -0.4 is 5.32 Å². The number of hydrogen-bond acceptors (Lipinski definition) is 4. The zero-order valence-corrected chi connectivity index (χ0v) is 11.7. The van der Waals surface area contributed by atoms with E-state index in [0.29, 0.717) is 5.92 Å². The molecule has 18 heavy (non-hydrogen) atoms. The Morgan fingerprint density at radius 3 is 2.78 bits per heavy atom. The van der Waals surface area contributed by atoms with Crippen molar-refractivity contribution in [2.75, 3.05) is 13.1 Å². The smallest absolute Gasteiger partial charge is 0.0945 e. The zero-order valence-electron chi connectivity index (χ0n) is 10.9. The zero-order chi connectivity index (χ0) is 12.8. The van der Waals surface area contributed by atoms with Crippen molar-refractivity contribution < 1.29 is 0 Å². The van der Waals surface area contributed by atoms with Crippen molar-refractivity contribution in [3.05, 3.63) is 34.9 Å². The first-order valence-electron chi connectivity index (χ1n) is 6.31. The van der Waals surface area contributed by atoms with Crippen LogP contribution in [0.2, 0.25) is 0 Å². The molecular weight excluding hydrogens is 242 g/mol. The van der Waals surface area contributed by atoms with E-state index in [1.54, 1.807) is 23.7 Å². The van der Waals surface area contributed by atoms with Gasteiger partial charge >= 0.3 is 0 Å². The van der Waals surface area contributed by atoms with Crippen molar-refractivity contribution in [2.45, 2.75) is 20.3 Å². The molecule has 2 heterocycles. The van der Waals surface area contributed by atoms with Crippen molar-refractivity contribution in [3.8, 4) is 11.3 Å². The number of nitrogens with zero attached hydrogens (tertiary/aromatic N) is 2. The molecule has 2 aromatic rings. The average Bonchev–Trinajstić information content (AvgIpc) is 2.84. The van der Waals surface area contributed by atoms with Gasteiger partial charge in [-0.05, 0) is 24.6 Å². The van der Waals surface area contributed by atoms with E-state index in [1.807, 2.05) is 12.1 Å². The van der Waals surface area contributed by atoms with Crippen molar-refractivity contribution in [1.29, 1.82) is 0 Å². The minimum absolute atomic E-state index is 0.702. The van der Waals surface area contributed by atoms with E-state index in [-0.39, 0.29) is 0 Å². The van der Waals surface area contributed by atoms with Gasteiger partial charge in [0.25, 0.3) is 0 Å². The SMILES string of the molecule is CC(C)CNCCc1nc(-c2ccncc2)cs1. The van der Waals surface area contributed by atoms with Crippen molar-refractivity contribution in [1.82, 2.24) is 15.3 Å². The summed E-state index contributed by atoms with van der Waals surface area (Å²) in [5, 5.41) is 6.75. The first-order chi connectivity index (χ1) is 8.75. The fourth-order valence-electron chi connectivity index (χ4n) is 1.67. The standard InChI is InChI=1S/C14H19N3S/c1-11(2)9-16-8-5-14-17-13(10-18-14)12-3-6-15-7-4-12/h3-4,6-7,10-11,16H,5,8-9H2,1-2H3. The monoisotopic (exact) mass is 261 g/mol. The molecule has 0 atom stereocenters. The van der Waals surface area contributed by atoms with E-state index >= 15 is 0 Å². The summed E-state index contributed by atoms with van der Waals surface area (Å²) in [4.78, 5) is 8.67. The Balaban J connectivity index is 1.87. The molecule has 0 amide bonds. The van der Waals surface area contributed by atoms with Gasteiger partial charge in [0.05, 0.1) is 10.7 Å². The van der Waals surface area contributed by atoms with Gasteiger partial charge in [-0.3, -0.25) is 4.98 Å². The molecule has 0 unspecified atom stereocenters. The second-order valence-electron chi connectivity index (χ2n) is 4.71. The highest BCUT2D eigenvalue weighted by Crippen LogP contribution is 2.21. The lowest BCUT2D eigenvalue weighted by molar-refractivity contribution is 0.554. The Bertz CT molecular complexity index is 465. The Morgan fingerprint density at radius 1 is 1.28 bits per heavy atom. The van der Waals surface area contributed by atoms with Gasteiger partial charge < -0.3 is 5.32 Å². The molecule has 1 N–H and O–H groups in total. The first-order valence-corrected chi connectivity index (χ1v) is 7.19. The minimum Gasteiger partial charge on any atom is -0.316 e. The molecule has 0 radical (unpaired) electrons. The normalized spacial score (nSPS) is 11.1. The predicted octanol–water partition coefficient (Wildman–Crippen LogP) is 2.99. The molecule has 4 heteroatoms. The van der Waals surface area contributed by atoms with E-state index in [1.165, 1.54) is 5.01 Å². The third-order valence-corrected chi connectivity index (χ3v) is 3.50. The average molecular weight is 261 g/mol. The van der Waals surface area contributed by atoms with Crippen LogP contribution in [0.15, 0.2) is 29.9 Å². The quantitative estimate of drug-likeness (QED) is 0.812. The Morgan fingerprint density at radius 2 is 2.06 bits per heavy atom. The maximum absolute atomic E-state index is 4.65. The van der Waals surface area contributed by atoms with E-state index in [2.05, 4.69) is 34.5 Å². The van der Waals surface area contributed by atoms with Crippen molar-refractivity contribution >= 4 is 11.3 Å². The van der Waals surface area contributed by atoms with Crippen LogP contribution in [-0.2, 0) is 6.42 Å². The second-order valence-corrected chi connectivity index (χ2v) is 5.65. The van der Waals surface area contributed by atoms with Crippen LogP contribution in [0.1, 0.15) is 18.9 Å². The fraction of sp³-hybridized carbons (Fsp3) is 0.429. The number of rotatable bonds is 6. The topological polar surface area (TPSA) is 37.8 Å². The summed E-state index contributed by atoms with van der Waals surface area (Å²) in [5.74, 6) is 0.702. The van der Waals surface area contributed by atoms with Gasteiger partial charge in [-0.1, -0.05) is 13.8 Å². The molecular formula is C14H19N3S. The molecule has 0 saturated heterocycles. The van der Waals surface area contributed by atoms with Gasteiger partial charge in [-0.25, -0.2) is 4.98 Å². The summed E-state index contributed by atoms with van der Waals surface area (Å²) < 4.78 is 0. The number of hydrogen-bond donors (Lipinski definition) is 1. The van der Waals surface area contributed by atoms with E-state index in [0.717, 1.165) is 30.8 Å². The van der Waals surface area contributed by atoms with Gasteiger partial charge in [0.2, 0.25) is 0 Å². The van der Waals surface area contributed by atoms with E-state index in [9.17, 15) is 0 Å². The summed E-state index contributed by atoms with van der Waals surface area (Å²) in [7, 11) is 0. The number of pyridine rings is 1. The van der Waals surface area contributed by atoms with Gasteiger partial charge in [-0.15, -0.1) is 11.3 Å². The maximum Gasteiger partial charge on any atom is 0.0945 e. The highest BCUT2D eigenvalue weighted by atomic mass is 32.1. The van der Waals surface area contributed by atoms with Crippen LogP contribution >= 0.6 is 11.3 Å². The predicted molar refractivity (Wildman–Crippen MR) is 76.8 cm³/mol. The highest BCUT2D eigenvalue weighted by Gasteiger charge is 2.04. The highest BCUT2D eigenvalue weighted by molar-refractivity contribution is 7.09. The number of aromatic nitrogens is 2. The van der Waals surface area contributed by atoms with Gasteiger partial charge in [0.15, 0.2) is 0 Å². The largest absolute Gasteiger partial charge is 0.316 e. The van der Waals surface area contributed by atoms with Crippen LogP contribution in [0, 0.1) is 5.92 Å². The Labute approximate surface area is 112 Å². The molecule has 0 aliphatic heterocycles. The van der Waals surface area contributed by atoms with Crippen molar-refractivity contribution in [3.63, 3.8) is 0 Å². The summed E-state index contributed by atoms with van der Waals surface area (Å²) in [6, 6.07) is 3.99. The summed E-state index contributed by atoms with van der Waals surface area (Å²) in [5.41, 5.74) is 2.20. The lowest BCUT2D eigenvalue weighted by Crippen LogP contribution is -2.22. The molecule has 0 aliphatic rings. The Hall–Kier alpha value is -1.26. The summed E-state index contributed by atoms with van der Waals surface area (Å²) >= 11 is 1.73. The Kier molecular flexibility index (Phi) is 4.84. The molecule has 2 aromatic heterocycles. The summed E-state index contributed by atoms with van der Waals surface area (Å²) in [6.45, 7) is 6.51. The maximum atomic E-state index is 4.65.